The molecule has 3 aromatic carbocycles. The summed E-state index contributed by atoms with van der Waals surface area (Å²) in [6.07, 6.45) is 0.810. The molecule has 0 aromatic heterocycles. The number of hydrogen-bond donors (Lipinski definition) is 2. The number of urea groups is 1. The Morgan fingerprint density at radius 2 is 1.72 bits per heavy atom. The summed E-state index contributed by atoms with van der Waals surface area (Å²) in [5.41, 5.74) is 4.48. The molecule has 4 rings (SSSR count). The normalized spacial score (nSPS) is 12.4. The van der Waals surface area contributed by atoms with E-state index in [-0.39, 0.29) is 11.9 Å². The van der Waals surface area contributed by atoms with E-state index in [4.69, 9.17) is 0 Å². The zero-order chi connectivity index (χ0) is 20.2. The summed E-state index contributed by atoms with van der Waals surface area (Å²) in [4.78, 5) is 26.8. The van der Waals surface area contributed by atoms with E-state index in [1.54, 1.807) is 0 Å². The van der Waals surface area contributed by atoms with Crippen molar-refractivity contribution in [3.8, 4) is 0 Å². The number of benzene rings is 3. The van der Waals surface area contributed by atoms with Gasteiger partial charge in [-0.15, -0.1) is 0 Å². The number of fused-ring (bicyclic) bond motifs is 1. The average molecular weight is 450 g/mol. The maximum Gasteiger partial charge on any atom is 0.319 e. The highest BCUT2D eigenvalue weighted by Gasteiger charge is 2.25. The Morgan fingerprint density at radius 1 is 0.966 bits per heavy atom. The van der Waals surface area contributed by atoms with Crippen molar-refractivity contribution in [2.24, 2.45) is 0 Å². The van der Waals surface area contributed by atoms with Crippen molar-refractivity contribution in [2.75, 3.05) is 16.8 Å². The molecule has 0 spiro atoms. The van der Waals surface area contributed by atoms with Crippen LogP contribution in [0.15, 0.2) is 77.3 Å². The van der Waals surface area contributed by atoms with Crippen LogP contribution in [-0.2, 0) is 13.0 Å². The van der Waals surface area contributed by atoms with Crippen LogP contribution in [0.25, 0.3) is 0 Å². The van der Waals surface area contributed by atoms with Gasteiger partial charge in [-0.05, 0) is 63.8 Å². The molecule has 0 radical (unpaired) electrons. The van der Waals surface area contributed by atoms with Gasteiger partial charge in [-0.25, -0.2) is 4.79 Å². The summed E-state index contributed by atoms with van der Waals surface area (Å²) in [6.45, 7) is 1.08. The number of carbonyl (C=O) groups excluding carboxylic acids is 2. The second kappa shape index (κ2) is 8.49. The molecular formula is C23H20BrN3O2. The minimum atomic E-state index is -0.265. The van der Waals surface area contributed by atoms with Gasteiger partial charge in [0.2, 0.25) is 0 Å². The van der Waals surface area contributed by atoms with Crippen molar-refractivity contribution in [1.82, 2.24) is 5.32 Å². The Hall–Kier alpha value is -3.12. The number of halogens is 1. The molecule has 0 saturated heterocycles. The molecule has 146 valence electrons. The maximum absolute atomic E-state index is 12.8. The monoisotopic (exact) mass is 449 g/mol. The Bertz CT molecular complexity index is 1050. The van der Waals surface area contributed by atoms with E-state index in [9.17, 15) is 9.59 Å². The Morgan fingerprint density at radius 3 is 2.52 bits per heavy atom. The lowest BCUT2D eigenvalue weighted by atomic mass is 10.1. The second-order valence-corrected chi connectivity index (χ2v) is 7.68. The second-order valence-electron chi connectivity index (χ2n) is 6.82. The predicted octanol–water partition coefficient (Wildman–Crippen LogP) is 4.97. The van der Waals surface area contributed by atoms with Gasteiger partial charge >= 0.3 is 6.03 Å². The van der Waals surface area contributed by atoms with Crippen LogP contribution in [0.2, 0.25) is 0 Å². The van der Waals surface area contributed by atoms with Crippen molar-refractivity contribution >= 4 is 39.2 Å². The van der Waals surface area contributed by atoms with E-state index in [1.165, 1.54) is 0 Å². The zero-order valence-electron chi connectivity index (χ0n) is 15.7. The molecule has 5 nitrogen and oxygen atoms in total. The highest BCUT2D eigenvalue weighted by atomic mass is 79.9. The highest BCUT2D eigenvalue weighted by molar-refractivity contribution is 9.10. The quantitative estimate of drug-likeness (QED) is 0.590. The number of nitrogens with zero attached hydrogens (tertiary/aromatic N) is 1. The fourth-order valence-corrected chi connectivity index (χ4v) is 3.81. The average Bonchev–Trinajstić information content (AvgIpc) is 3.17. The van der Waals surface area contributed by atoms with Gasteiger partial charge in [-0.3, -0.25) is 4.79 Å². The van der Waals surface area contributed by atoms with Crippen LogP contribution in [0.5, 0.6) is 0 Å². The molecule has 29 heavy (non-hydrogen) atoms. The molecule has 1 aliphatic rings. The lowest BCUT2D eigenvalue weighted by molar-refractivity contribution is 0.0989. The number of amides is 3. The molecule has 2 N–H and O–H groups in total. The molecule has 0 fully saturated rings. The van der Waals surface area contributed by atoms with Crippen molar-refractivity contribution in [3.63, 3.8) is 0 Å². The first kappa shape index (κ1) is 19.2. The van der Waals surface area contributed by atoms with Gasteiger partial charge in [-0.2, -0.15) is 0 Å². The first-order chi connectivity index (χ1) is 14.1. The number of carbonyl (C=O) groups is 2. The van der Waals surface area contributed by atoms with Gasteiger partial charge in [0.25, 0.3) is 5.91 Å². The summed E-state index contributed by atoms with van der Waals surface area (Å²) in [5, 5.41) is 5.70. The third-order valence-corrected chi connectivity index (χ3v) is 5.57. The highest BCUT2D eigenvalue weighted by Crippen LogP contribution is 2.30. The fraction of sp³-hybridized carbons (Fsp3) is 0.130. The molecule has 0 saturated carbocycles. The van der Waals surface area contributed by atoms with Crippen molar-refractivity contribution in [2.45, 2.75) is 13.0 Å². The molecule has 3 amide bonds. The Kier molecular flexibility index (Phi) is 5.62. The number of anilines is 2. The van der Waals surface area contributed by atoms with E-state index in [2.05, 4.69) is 32.6 Å². The summed E-state index contributed by atoms with van der Waals surface area (Å²) >= 11 is 3.41. The number of para-hydroxylation sites is 1. The summed E-state index contributed by atoms with van der Waals surface area (Å²) in [5.74, 6) is 0.0167. The minimum Gasteiger partial charge on any atom is -0.334 e. The van der Waals surface area contributed by atoms with Gasteiger partial charge in [0.05, 0.1) is 5.69 Å². The van der Waals surface area contributed by atoms with Gasteiger partial charge in [0.15, 0.2) is 0 Å². The fourth-order valence-electron chi connectivity index (χ4n) is 3.42. The van der Waals surface area contributed by atoms with E-state index < -0.39 is 0 Å². The molecule has 0 bridgehead atoms. The zero-order valence-corrected chi connectivity index (χ0v) is 17.3. The van der Waals surface area contributed by atoms with E-state index in [0.29, 0.717) is 24.3 Å². The molecule has 3 aromatic rings. The van der Waals surface area contributed by atoms with Gasteiger partial charge in [0, 0.05) is 28.8 Å². The third kappa shape index (κ3) is 4.32. The van der Waals surface area contributed by atoms with Crippen LogP contribution in [0.3, 0.4) is 0 Å². The van der Waals surface area contributed by atoms with E-state index in [1.807, 2.05) is 71.6 Å². The van der Waals surface area contributed by atoms with Gasteiger partial charge in [0.1, 0.15) is 0 Å². The predicted molar refractivity (Wildman–Crippen MR) is 118 cm³/mol. The van der Waals surface area contributed by atoms with Gasteiger partial charge in [-0.1, -0.05) is 42.5 Å². The van der Waals surface area contributed by atoms with Crippen molar-refractivity contribution in [3.05, 3.63) is 94.0 Å². The van der Waals surface area contributed by atoms with Crippen LogP contribution in [0.1, 0.15) is 21.5 Å². The topological polar surface area (TPSA) is 61.4 Å². The van der Waals surface area contributed by atoms with Crippen molar-refractivity contribution < 1.29 is 9.59 Å². The van der Waals surface area contributed by atoms with Crippen LogP contribution in [0.4, 0.5) is 16.2 Å². The summed E-state index contributed by atoms with van der Waals surface area (Å²) in [7, 11) is 0. The van der Waals surface area contributed by atoms with E-state index in [0.717, 1.165) is 27.7 Å². The lowest BCUT2D eigenvalue weighted by Crippen LogP contribution is -2.29. The van der Waals surface area contributed by atoms with Crippen LogP contribution >= 0.6 is 15.9 Å². The van der Waals surface area contributed by atoms with Crippen LogP contribution < -0.4 is 15.5 Å². The molecule has 1 heterocycles. The number of hydrogen-bond acceptors (Lipinski definition) is 2. The third-order valence-electron chi connectivity index (χ3n) is 4.88. The molecule has 1 aliphatic heterocycles. The van der Waals surface area contributed by atoms with E-state index >= 15 is 0 Å². The number of rotatable bonds is 4. The van der Waals surface area contributed by atoms with Crippen molar-refractivity contribution in [1.29, 1.82) is 0 Å². The molecule has 0 atom stereocenters. The minimum absolute atomic E-state index is 0.0167. The Balaban J connectivity index is 1.40. The molecule has 6 heteroatoms. The SMILES string of the molecule is O=C(NCc1ccc2c(c1)CCN2C(=O)c1ccccc1)Nc1ccccc1Br. The lowest BCUT2D eigenvalue weighted by Gasteiger charge is -2.17. The smallest absolute Gasteiger partial charge is 0.319 e. The Labute approximate surface area is 177 Å². The van der Waals surface area contributed by atoms with Crippen LogP contribution in [0, 0.1) is 0 Å². The van der Waals surface area contributed by atoms with Gasteiger partial charge < -0.3 is 15.5 Å². The van der Waals surface area contributed by atoms with Crippen LogP contribution in [-0.4, -0.2) is 18.5 Å². The first-order valence-electron chi connectivity index (χ1n) is 9.40. The molecule has 0 aliphatic carbocycles. The first-order valence-corrected chi connectivity index (χ1v) is 10.2. The maximum atomic E-state index is 12.8. The molecular weight excluding hydrogens is 430 g/mol. The summed E-state index contributed by atoms with van der Waals surface area (Å²) in [6, 6.07) is 22.5. The number of nitrogens with one attached hydrogen (secondary N) is 2. The molecule has 0 unspecified atom stereocenters. The standard InChI is InChI=1S/C23H20BrN3O2/c24-19-8-4-5-9-20(19)26-23(29)25-15-16-10-11-21-18(14-16)12-13-27(21)22(28)17-6-2-1-3-7-17/h1-11,14H,12-13,15H2,(H2,25,26,29). The summed E-state index contributed by atoms with van der Waals surface area (Å²) < 4.78 is 0.829. The largest absolute Gasteiger partial charge is 0.334 e.